The number of aliphatic hydroxyl groups is 1. The number of rotatable bonds is 3. The number of benzene rings is 1. The molecular formula is C14H20O3S. The fourth-order valence-electron chi connectivity index (χ4n) is 2.62. The van der Waals surface area contributed by atoms with Gasteiger partial charge >= 0.3 is 0 Å². The van der Waals surface area contributed by atoms with Crippen molar-refractivity contribution in [1.82, 2.24) is 0 Å². The average Bonchev–Trinajstić information content (AvgIpc) is 2.61. The molecule has 1 fully saturated rings. The summed E-state index contributed by atoms with van der Waals surface area (Å²) in [6.45, 7) is 3.97. The van der Waals surface area contributed by atoms with Gasteiger partial charge in [-0.3, -0.25) is 0 Å². The van der Waals surface area contributed by atoms with Crippen molar-refractivity contribution >= 4 is 9.84 Å². The van der Waals surface area contributed by atoms with E-state index in [0.717, 1.165) is 16.7 Å². The van der Waals surface area contributed by atoms with Gasteiger partial charge in [-0.25, -0.2) is 8.42 Å². The third kappa shape index (κ3) is 3.12. The molecule has 1 aliphatic heterocycles. The molecule has 2 atom stereocenters. The Kier molecular flexibility index (Phi) is 3.78. The van der Waals surface area contributed by atoms with Crippen LogP contribution in [0, 0.1) is 19.8 Å². The topological polar surface area (TPSA) is 54.4 Å². The molecule has 0 aromatic heterocycles. The first kappa shape index (κ1) is 13.6. The van der Waals surface area contributed by atoms with Crippen LogP contribution >= 0.6 is 0 Å². The van der Waals surface area contributed by atoms with E-state index in [1.54, 1.807) is 0 Å². The molecule has 0 amide bonds. The first-order valence-electron chi connectivity index (χ1n) is 6.33. The van der Waals surface area contributed by atoms with Crippen LogP contribution in [0.15, 0.2) is 18.2 Å². The highest BCUT2D eigenvalue weighted by atomic mass is 32.2. The summed E-state index contributed by atoms with van der Waals surface area (Å²) in [6.07, 6.45) is 0.677. The SMILES string of the molecule is Cc1ccc(C)c(C(O)CC2CCS(=O)(=O)C2)c1. The minimum atomic E-state index is -2.85. The highest BCUT2D eigenvalue weighted by Crippen LogP contribution is 2.30. The van der Waals surface area contributed by atoms with Gasteiger partial charge in [-0.15, -0.1) is 0 Å². The molecule has 2 unspecified atom stereocenters. The number of aliphatic hydroxyl groups excluding tert-OH is 1. The molecular weight excluding hydrogens is 248 g/mol. The maximum Gasteiger partial charge on any atom is 0.150 e. The lowest BCUT2D eigenvalue weighted by atomic mass is 9.93. The van der Waals surface area contributed by atoms with E-state index in [4.69, 9.17) is 0 Å². The van der Waals surface area contributed by atoms with Gasteiger partial charge in [0.2, 0.25) is 0 Å². The predicted octanol–water partition coefficient (Wildman–Crippen LogP) is 2.16. The molecule has 0 spiro atoms. The molecule has 1 aliphatic rings. The highest BCUT2D eigenvalue weighted by Gasteiger charge is 2.29. The second-order valence-electron chi connectivity index (χ2n) is 5.38. The minimum Gasteiger partial charge on any atom is -0.388 e. The largest absolute Gasteiger partial charge is 0.388 e. The van der Waals surface area contributed by atoms with Crippen LogP contribution in [-0.2, 0) is 9.84 Å². The summed E-state index contributed by atoms with van der Waals surface area (Å²) < 4.78 is 22.8. The number of sulfone groups is 1. The van der Waals surface area contributed by atoms with E-state index < -0.39 is 15.9 Å². The molecule has 1 aromatic carbocycles. The summed E-state index contributed by atoms with van der Waals surface area (Å²) in [5, 5.41) is 10.3. The lowest BCUT2D eigenvalue weighted by molar-refractivity contribution is 0.148. The molecule has 0 saturated carbocycles. The molecule has 1 N–H and O–H groups in total. The van der Waals surface area contributed by atoms with Crippen LogP contribution in [-0.4, -0.2) is 25.0 Å². The zero-order valence-corrected chi connectivity index (χ0v) is 11.7. The smallest absolute Gasteiger partial charge is 0.150 e. The van der Waals surface area contributed by atoms with E-state index in [-0.39, 0.29) is 17.4 Å². The van der Waals surface area contributed by atoms with Crippen LogP contribution in [0.25, 0.3) is 0 Å². The summed E-state index contributed by atoms with van der Waals surface area (Å²) in [5.41, 5.74) is 3.11. The fraction of sp³-hybridized carbons (Fsp3) is 0.571. The third-order valence-electron chi connectivity index (χ3n) is 3.68. The molecule has 0 aliphatic carbocycles. The van der Waals surface area contributed by atoms with E-state index >= 15 is 0 Å². The fourth-order valence-corrected chi connectivity index (χ4v) is 4.50. The second-order valence-corrected chi connectivity index (χ2v) is 7.61. The van der Waals surface area contributed by atoms with Gasteiger partial charge in [0.1, 0.15) is 0 Å². The Morgan fingerprint density at radius 3 is 2.72 bits per heavy atom. The molecule has 18 heavy (non-hydrogen) atoms. The van der Waals surface area contributed by atoms with E-state index in [1.807, 2.05) is 32.0 Å². The van der Waals surface area contributed by atoms with Crippen LogP contribution in [0.1, 0.15) is 35.6 Å². The van der Waals surface area contributed by atoms with Gasteiger partial charge in [0.05, 0.1) is 17.6 Å². The molecule has 1 aromatic rings. The van der Waals surface area contributed by atoms with Crippen molar-refractivity contribution in [2.24, 2.45) is 5.92 Å². The van der Waals surface area contributed by atoms with E-state index in [0.29, 0.717) is 12.8 Å². The first-order valence-corrected chi connectivity index (χ1v) is 8.15. The van der Waals surface area contributed by atoms with Gasteiger partial charge < -0.3 is 5.11 Å². The van der Waals surface area contributed by atoms with Gasteiger partial charge in [0.15, 0.2) is 9.84 Å². The molecule has 2 rings (SSSR count). The Morgan fingerprint density at radius 1 is 1.39 bits per heavy atom. The van der Waals surface area contributed by atoms with E-state index in [2.05, 4.69) is 0 Å². The van der Waals surface area contributed by atoms with Crippen molar-refractivity contribution in [2.75, 3.05) is 11.5 Å². The zero-order valence-electron chi connectivity index (χ0n) is 10.9. The van der Waals surface area contributed by atoms with Gasteiger partial charge in [0.25, 0.3) is 0 Å². The van der Waals surface area contributed by atoms with Crippen molar-refractivity contribution in [3.8, 4) is 0 Å². The molecule has 100 valence electrons. The summed E-state index contributed by atoms with van der Waals surface area (Å²) in [7, 11) is -2.85. The van der Waals surface area contributed by atoms with E-state index in [1.165, 1.54) is 0 Å². The average molecular weight is 268 g/mol. The number of hydrogen-bond acceptors (Lipinski definition) is 3. The van der Waals surface area contributed by atoms with Crippen molar-refractivity contribution < 1.29 is 13.5 Å². The molecule has 4 heteroatoms. The summed E-state index contributed by atoms with van der Waals surface area (Å²) in [5.74, 6) is 0.608. The van der Waals surface area contributed by atoms with Crippen molar-refractivity contribution in [1.29, 1.82) is 0 Å². The molecule has 1 heterocycles. The Bertz CT molecular complexity index is 534. The maximum atomic E-state index is 11.4. The molecule has 3 nitrogen and oxygen atoms in total. The summed E-state index contributed by atoms with van der Waals surface area (Å²) in [6, 6.07) is 6.01. The van der Waals surface area contributed by atoms with Gasteiger partial charge in [-0.1, -0.05) is 23.8 Å². The summed E-state index contributed by atoms with van der Waals surface area (Å²) >= 11 is 0. The second kappa shape index (κ2) is 5.02. The Morgan fingerprint density at radius 2 is 2.11 bits per heavy atom. The van der Waals surface area contributed by atoms with Crippen molar-refractivity contribution in [2.45, 2.75) is 32.8 Å². The standard InChI is InChI=1S/C14H20O3S/c1-10-3-4-11(2)13(7-10)14(15)8-12-5-6-18(16,17)9-12/h3-4,7,12,14-15H,5-6,8-9H2,1-2H3. The summed E-state index contributed by atoms with van der Waals surface area (Å²) in [4.78, 5) is 0. The number of aryl methyl sites for hydroxylation is 2. The van der Waals surface area contributed by atoms with Crippen LogP contribution in [0.3, 0.4) is 0 Å². The van der Waals surface area contributed by atoms with Crippen LogP contribution < -0.4 is 0 Å². The Balaban J connectivity index is 2.08. The Hall–Kier alpha value is -0.870. The normalized spacial score (nSPS) is 24.1. The van der Waals surface area contributed by atoms with Gasteiger partial charge in [-0.05, 0) is 43.7 Å². The molecule has 1 saturated heterocycles. The first-order chi connectivity index (χ1) is 8.37. The van der Waals surface area contributed by atoms with Gasteiger partial charge in [0, 0.05) is 0 Å². The lowest BCUT2D eigenvalue weighted by Crippen LogP contribution is -2.10. The Labute approximate surface area is 109 Å². The zero-order chi connectivity index (χ0) is 13.3. The molecule has 0 radical (unpaired) electrons. The quantitative estimate of drug-likeness (QED) is 0.914. The maximum absolute atomic E-state index is 11.4. The minimum absolute atomic E-state index is 0.102. The van der Waals surface area contributed by atoms with Gasteiger partial charge in [-0.2, -0.15) is 0 Å². The molecule has 0 bridgehead atoms. The number of hydrogen-bond donors (Lipinski definition) is 1. The van der Waals surface area contributed by atoms with Crippen LogP contribution in [0.5, 0.6) is 0 Å². The van der Waals surface area contributed by atoms with Crippen molar-refractivity contribution in [3.63, 3.8) is 0 Å². The lowest BCUT2D eigenvalue weighted by Gasteiger charge is -2.17. The van der Waals surface area contributed by atoms with Crippen LogP contribution in [0.4, 0.5) is 0 Å². The monoisotopic (exact) mass is 268 g/mol. The highest BCUT2D eigenvalue weighted by molar-refractivity contribution is 7.91. The van der Waals surface area contributed by atoms with Crippen LogP contribution in [0.2, 0.25) is 0 Å². The predicted molar refractivity (Wildman–Crippen MR) is 72.3 cm³/mol. The third-order valence-corrected chi connectivity index (χ3v) is 5.51. The van der Waals surface area contributed by atoms with Crippen molar-refractivity contribution in [3.05, 3.63) is 34.9 Å². The van der Waals surface area contributed by atoms with E-state index in [9.17, 15) is 13.5 Å².